The van der Waals surface area contributed by atoms with Crippen LogP contribution < -0.4 is 10.2 Å². The van der Waals surface area contributed by atoms with Gasteiger partial charge in [-0.2, -0.15) is 13.2 Å². The summed E-state index contributed by atoms with van der Waals surface area (Å²) in [6.07, 6.45) is 2.17. The number of carbonyl (C=O) groups excluding carboxylic acids is 1. The Labute approximate surface area is 192 Å². The number of nitrogens with zero attached hydrogens (tertiary/aromatic N) is 3. The standard InChI is InChI=1S/C24H33F3N4O2/c1-15(22(32)29-21-17-9-16-10-18(21)13-23(11-16,12-17)33-2)30-5-7-31(8-6-30)20-4-3-19(14-28-20)24(25,26)27/h3-4,14-18,21H,5-13H2,1-2H3,(H,29,32)/t15?,16?,17-,18+,21?,23?. The van der Waals surface area contributed by atoms with Crippen molar-refractivity contribution < 1.29 is 22.7 Å². The summed E-state index contributed by atoms with van der Waals surface area (Å²) in [6, 6.07) is 2.51. The molecule has 9 heteroatoms. The van der Waals surface area contributed by atoms with Gasteiger partial charge < -0.3 is 15.0 Å². The van der Waals surface area contributed by atoms with Gasteiger partial charge in [0.2, 0.25) is 5.91 Å². The van der Waals surface area contributed by atoms with Gasteiger partial charge in [0.25, 0.3) is 0 Å². The molecule has 1 N–H and O–H groups in total. The number of aromatic nitrogens is 1. The van der Waals surface area contributed by atoms with Crippen molar-refractivity contribution in [3.8, 4) is 0 Å². The second-order valence-electron chi connectivity index (χ2n) is 10.5. The number of ether oxygens (including phenoxy) is 1. The van der Waals surface area contributed by atoms with Gasteiger partial charge in [-0.3, -0.25) is 9.69 Å². The van der Waals surface area contributed by atoms with E-state index in [-0.39, 0.29) is 23.6 Å². The number of alkyl halides is 3. The highest BCUT2D eigenvalue weighted by Gasteiger charge is 2.56. The second kappa shape index (κ2) is 8.41. The van der Waals surface area contributed by atoms with Crippen LogP contribution in [-0.2, 0) is 15.7 Å². The largest absolute Gasteiger partial charge is 0.417 e. The van der Waals surface area contributed by atoms with E-state index in [0.29, 0.717) is 43.8 Å². The summed E-state index contributed by atoms with van der Waals surface area (Å²) in [4.78, 5) is 21.3. The van der Waals surface area contributed by atoms with Gasteiger partial charge in [-0.1, -0.05) is 0 Å². The molecule has 6 nitrogen and oxygen atoms in total. The molecule has 182 valence electrons. The number of piperazine rings is 1. The molecule has 5 aliphatic rings. The minimum absolute atomic E-state index is 0.0337. The number of pyridine rings is 1. The highest BCUT2D eigenvalue weighted by molar-refractivity contribution is 5.81. The van der Waals surface area contributed by atoms with Crippen molar-refractivity contribution in [2.45, 2.75) is 62.9 Å². The summed E-state index contributed by atoms with van der Waals surface area (Å²) in [5, 5.41) is 3.39. The normalized spacial score (nSPS) is 35.0. The van der Waals surface area contributed by atoms with Crippen LogP contribution in [0.2, 0.25) is 0 Å². The molecule has 1 amide bonds. The summed E-state index contributed by atoms with van der Waals surface area (Å²) in [5.41, 5.74) is -0.706. The Bertz CT molecular complexity index is 853. The van der Waals surface area contributed by atoms with Crippen LogP contribution in [-0.4, -0.2) is 66.8 Å². The molecule has 0 aromatic carbocycles. The zero-order chi connectivity index (χ0) is 23.4. The van der Waals surface area contributed by atoms with E-state index in [1.807, 2.05) is 18.9 Å². The van der Waals surface area contributed by atoms with Gasteiger partial charge in [-0.05, 0) is 68.9 Å². The zero-order valence-electron chi connectivity index (χ0n) is 19.3. The molecule has 1 saturated heterocycles. The number of methoxy groups -OCH3 is 1. The van der Waals surface area contributed by atoms with Crippen molar-refractivity contribution in [3.63, 3.8) is 0 Å². The first-order chi connectivity index (χ1) is 15.7. The SMILES string of the molecule is COC12CC3C[C@H](C1)C(NC(=O)C(C)N1CCN(c4ccc(C(F)(F)F)cn4)CC1)[C@@H](C3)C2. The number of anilines is 1. The van der Waals surface area contributed by atoms with Crippen molar-refractivity contribution >= 4 is 11.7 Å². The van der Waals surface area contributed by atoms with Gasteiger partial charge in [0.1, 0.15) is 5.82 Å². The monoisotopic (exact) mass is 466 g/mol. The topological polar surface area (TPSA) is 57.7 Å². The van der Waals surface area contributed by atoms with Crippen molar-refractivity contribution in [2.75, 3.05) is 38.2 Å². The number of amides is 1. The summed E-state index contributed by atoms with van der Waals surface area (Å²) in [7, 11) is 1.84. The van der Waals surface area contributed by atoms with E-state index in [1.165, 1.54) is 25.3 Å². The molecule has 1 aromatic rings. The third-order valence-corrected chi connectivity index (χ3v) is 8.60. The predicted octanol–water partition coefficient (Wildman–Crippen LogP) is 3.32. The maximum atomic E-state index is 13.2. The van der Waals surface area contributed by atoms with Crippen LogP contribution in [0.4, 0.5) is 19.0 Å². The molecule has 4 aliphatic carbocycles. The average Bonchev–Trinajstić information content (AvgIpc) is 2.80. The third kappa shape index (κ3) is 4.34. The van der Waals surface area contributed by atoms with Crippen LogP contribution in [0.15, 0.2) is 18.3 Å². The van der Waals surface area contributed by atoms with Gasteiger partial charge in [-0.15, -0.1) is 0 Å². The molecule has 6 rings (SSSR count). The van der Waals surface area contributed by atoms with E-state index in [2.05, 4.69) is 15.2 Å². The third-order valence-electron chi connectivity index (χ3n) is 8.60. The molecule has 4 saturated carbocycles. The van der Waals surface area contributed by atoms with Crippen LogP contribution in [0.1, 0.15) is 44.6 Å². The molecule has 6 atom stereocenters. The van der Waals surface area contributed by atoms with Crippen molar-refractivity contribution in [2.24, 2.45) is 17.8 Å². The smallest absolute Gasteiger partial charge is 0.378 e. The lowest BCUT2D eigenvalue weighted by Crippen LogP contribution is -2.64. The second-order valence-corrected chi connectivity index (χ2v) is 10.5. The summed E-state index contributed by atoms with van der Waals surface area (Å²) >= 11 is 0. The minimum atomic E-state index is -4.38. The van der Waals surface area contributed by atoms with E-state index in [1.54, 1.807) is 0 Å². The zero-order valence-corrected chi connectivity index (χ0v) is 19.3. The van der Waals surface area contributed by atoms with Gasteiger partial charge in [0.15, 0.2) is 0 Å². The number of hydrogen-bond donors (Lipinski definition) is 1. The quantitative estimate of drug-likeness (QED) is 0.722. The Hall–Kier alpha value is -1.87. The molecule has 1 aromatic heterocycles. The molecule has 1 aliphatic heterocycles. The maximum absolute atomic E-state index is 13.2. The van der Waals surface area contributed by atoms with E-state index in [9.17, 15) is 18.0 Å². The van der Waals surface area contributed by atoms with Gasteiger partial charge in [0, 0.05) is 45.5 Å². The van der Waals surface area contributed by atoms with E-state index < -0.39 is 11.7 Å². The van der Waals surface area contributed by atoms with Crippen LogP contribution in [0, 0.1) is 17.8 Å². The first-order valence-corrected chi connectivity index (χ1v) is 12.1. The first-order valence-electron chi connectivity index (χ1n) is 12.1. The Balaban J connectivity index is 1.15. The lowest BCUT2D eigenvalue weighted by Gasteiger charge is -2.59. The summed E-state index contributed by atoms with van der Waals surface area (Å²) in [6.45, 7) is 4.55. The van der Waals surface area contributed by atoms with Crippen LogP contribution >= 0.6 is 0 Å². The van der Waals surface area contributed by atoms with Crippen LogP contribution in [0.25, 0.3) is 0 Å². The van der Waals surface area contributed by atoms with E-state index >= 15 is 0 Å². The molecular weight excluding hydrogens is 433 g/mol. The number of carbonyl (C=O) groups is 1. The summed E-state index contributed by atoms with van der Waals surface area (Å²) < 4.78 is 44.3. The lowest BCUT2D eigenvalue weighted by atomic mass is 9.52. The fourth-order valence-electron chi connectivity index (χ4n) is 6.97. The average molecular weight is 467 g/mol. The van der Waals surface area contributed by atoms with E-state index in [4.69, 9.17) is 4.74 Å². The highest BCUT2D eigenvalue weighted by Crippen LogP contribution is 2.57. The minimum Gasteiger partial charge on any atom is -0.378 e. The number of hydrogen-bond acceptors (Lipinski definition) is 5. The van der Waals surface area contributed by atoms with Crippen molar-refractivity contribution in [1.29, 1.82) is 0 Å². The van der Waals surface area contributed by atoms with Crippen molar-refractivity contribution in [1.82, 2.24) is 15.2 Å². The predicted molar refractivity (Wildman–Crippen MR) is 118 cm³/mol. The Morgan fingerprint density at radius 1 is 1.15 bits per heavy atom. The molecule has 5 fully saturated rings. The highest BCUT2D eigenvalue weighted by atomic mass is 19.4. The molecule has 4 unspecified atom stereocenters. The fourth-order valence-corrected chi connectivity index (χ4v) is 6.97. The molecular formula is C24H33F3N4O2. The van der Waals surface area contributed by atoms with E-state index in [0.717, 1.165) is 31.0 Å². The molecule has 4 bridgehead atoms. The van der Waals surface area contributed by atoms with Gasteiger partial charge in [0.05, 0.1) is 17.2 Å². The fraction of sp³-hybridized carbons (Fsp3) is 0.750. The van der Waals surface area contributed by atoms with Gasteiger partial charge >= 0.3 is 6.18 Å². The van der Waals surface area contributed by atoms with Gasteiger partial charge in [-0.25, -0.2) is 4.98 Å². The number of halogens is 3. The molecule has 0 spiro atoms. The van der Waals surface area contributed by atoms with Crippen molar-refractivity contribution in [3.05, 3.63) is 23.9 Å². The Morgan fingerprint density at radius 3 is 2.36 bits per heavy atom. The van der Waals surface area contributed by atoms with Crippen LogP contribution in [0.3, 0.4) is 0 Å². The lowest BCUT2D eigenvalue weighted by molar-refractivity contribution is -0.162. The Kier molecular flexibility index (Phi) is 5.84. The summed E-state index contributed by atoms with van der Waals surface area (Å²) in [5.74, 6) is 2.38. The first kappa shape index (κ1) is 22.9. The molecule has 33 heavy (non-hydrogen) atoms. The maximum Gasteiger partial charge on any atom is 0.417 e. The van der Waals surface area contributed by atoms with Crippen LogP contribution in [0.5, 0.6) is 0 Å². The molecule has 2 heterocycles. The number of rotatable bonds is 5. The Morgan fingerprint density at radius 2 is 1.82 bits per heavy atom. The number of nitrogens with one attached hydrogen (secondary N) is 1. The molecule has 0 radical (unpaired) electrons.